The number of rotatable bonds is 7. The van der Waals surface area contributed by atoms with Gasteiger partial charge in [0.1, 0.15) is 6.04 Å². The fourth-order valence-electron chi connectivity index (χ4n) is 2.77. The molecule has 132 valence electrons. The van der Waals surface area contributed by atoms with Crippen molar-refractivity contribution < 1.29 is 14.9 Å². The van der Waals surface area contributed by atoms with Crippen LogP contribution in [0.5, 0.6) is 0 Å². The van der Waals surface area contributed by atoms with Crippen molar-refractivity contribution >= 4 is 17.5 Å². The number of benzene rings is 2. The number of nitrogens with one attached hydrogen (secondary N) is 1. The van der Waals surface area contributed by atoms with Crippen LogP contribution in [0.15, 0.2) is 54.6 Å². The number of primary amides is 1. The first-order chi connectivity index (χ1) is 11.9. The van der Waals surface area contributed by atoms with E-state index in [1.807, 2.05) is 25.1 Å². The molecule has 25 heavy (non-hydrogen) atoms. The fraction of sp³-hybridized carbons (Fsp3) is 0.300. The van der Waals surface area contributed by atoms with E-state index in [0.717, 1.165) is 0 Å². The van der Waals surface area contributed by atoms with Crippen LogP contribution in [0.25, 0.3) is 0 Å². The molecular weight excluding hydrogens is 314 g/mol. The van der Waals surface area contributed by atoms with Gasteiger partial charge in [0.2, 0.25) is 5.91 Å². The van der Waals surface area contributed by atoms with Crippen molar-refractivity contribution in [1.29, 1.82) is 0 Å². The predicted molar refractivity (Wildman–Crippen MR) is 99.0 cm³/mol. The van der Waals surface area contributed by atoms with Gasteiger partial charge in [-0.05, 0) is 31.2 Å². The third-order valence-electron chi connectivity index (χ3n) is 4.25. The zero-order chi connectivity index (χ0) is 18.4. The summed E-state index contributed by atoms with van der Waals surface area (Å²) in [6, 6.07) is 16.7. The quantitative estimate of drug-likeness (QED) is 0.720. The highest BCUT2D eigenvalue weighted by molar-refractivity contribution is 5.95. The van der Waals surface area contributed by atoms with Crippen LogP contribution < -0.4 is 16.4 Å². The summed E-state index contributed by atoms with van der Waals surface area (Å²) >= 11 is 0. The van der Waals surface area contributed by atoms with Crippen molar-refractivity contribution in [2.75, 3.05) is 5.32 Å². The predicted octanol–water partition coefficient (Wildman–Crippen LogP) is 2.07. The molecule has 2 amide bonds. The van der Waals surface area contributed by atoms with E-state index in [1.54, 1.807) is 24.3 Å². The Labute approximate surface area is 148 Å². The number of amides is 2. The van der Waals surface area contributed by atoms with Crippen LogP contribution in [-0.2, 0) is 4.79 Å². The molecule has 2 atom stereocenters. The molecule has 0 spiro atoms. The topological polar surface area (TPSA) is 88.8 Å². The van der Waals surface area contributed by atoms with Crippen molar-refractivity contribution in [3.63, 3.8) is 0 Å². The van der Waals surface area contributed by atoms with E-state index < -0.39 is 5.91 Å². The Hall–Kier alpha value is -2.66. The molecular formula is C20H26N3O2+. The van der Waals surface area contributed by atoms with Gasteiger partial charge in [-0.1, -0.05) is 44.2 Å². The number of nitrogens with two attached hydrogens (primary N) is 2. The molecule has 0 saturated carbocycles. The van der Waals surface area contributed by atoms with Gasteiger partial charge in [-0.15, -0.1) is 0 Å². The molecule has 5 N–H and O–H groups in total. The van der Waals surface area contributed by atoms with Gasteiger partial charge in [0.05, 0.1) is 0 Å². The highest BCUT2D eigenvalue weighted by Crippen LogP contribution is 2.17. The molecule has 5 heteroatoms. The molecule has 0 aliphatic carbocycles. The summed E-state index contributed by atoms with van der Waals surface area (Å²) in [7, 11) is 0. The van der Waals surface area contributed by atoms with Crippen molar-refractivity contribution in [3.05, 3.63) is 65.7 Å². The molecule has 0 saturated heterocycles. The molecule has 0 aliphatic rings. The summed E-state index contributed by atoms with van der Waals surface area (Å²) < 4.78 is 0. The third-order valence-corrected chi connectivity index (χ3v) is 4.25. The molecule has 2 aromatic carbocycles. The van der Waals surface area contributed by atoms with Crippen LogP contribution in [0.3, 0.4) is 0 Å². The summed E-state index contributed by atoms with van der Waals surface area (Å²) in [4.78, 5) is 23.6. The maximum atomic E-state index is 12.5. The maximum absolute atomic E-state index is 12.5. The van der Waals surface area contributed by atoms with Crippen LogP contribution in [-0.4, -0.2) is 17.9 Å². The molecule has 0 radical (unpaired) electrons. The van der Waals surface area contributed by atoms with Crippen LogP contribution in [0.2, 0.25) is 0 Å². The van der Waals surface area contributed by atoms with Gasteiger partial charge in [0.15, 0.2) is 6.04 Å². The lowest BCUT2D eigenvalue weighted by Gasteiger charge is -2.23. The van der Waals surface area contributed by atoms with E-state index in [2.05, 4.69) is 36.6 Å². The first-order valence-electron chi connectivity index (χ1n) is 8.49. The van der Waals surface area contributed by atoms with Gasteiger partial charge in [-0.25, -0.2) is 0 Å². The number of carbonyl (C=O) groups is 2. The smallest absolute Gasteiger partial charge is 0.282 e. The molecule has 0 unspecified atom stereocenters. The SMILES string of the molecule is CC(C)[C@@H]([NH2+][C@@H](C)C(=O)Nc1ccc(C(N)=O)cc1)c1ccccc1. The van der Waals surface area contributed by atoms with Crippen LogP contribution >= 0.6 is 0 Å². The van der Waals surface area contributed by atoms with E-state index in [1.165, 1.54) is 5.56 Å². The van der Waals surface area contributed by atoms with E-state index in [4.69, 9.17) is 5.73 Å². The maximum Gasteiger partial charge on any atom is 0.282 e. The summed E-state index contributed by atoms with van der Waals surface area (Å²) in [5.41, 5.74) is 7.50. The van der Waals surface area contributed by atoms with Crippen molar-refractivity contribution in [3.8, 4) is 0 Å². The Morgan fingerprint density at radius 3 is 2.08 bits per heavy atom. The molecule has 2 aromatic rings. The summed E-state index contributed by atoms with van der Waals surface area (Å²) in [6.07, 6.45) is 0. The second-order valence-corrected chi connectivity index (χ2v) is 6.59. The van der Waals surface area contributed by atoms with E-state index in [-0.39, 0.29) is 18.0 Å². The number of carbonyl (C=O) groups excluding carboxylic acids is 2. The molecule has 0 heterocycles. The lowest BCUT2D eigenvalue weighted by Crippen LogP contribution is -2.93. The minimum Gasteiger partial charge on any atom is -0.366 e. The van der Waals surface area contributed by atoms with E-state index in [9.17, 15) is 9.59 Å². The highest BCUT2D eigenvalue weighted by atomic mass is 16.2. The van der Waals surface area contributed by atoms with Crippen molar-refractivity contribution in [1.82, 2.24) is 0 Å². The van der Waals surface area contributed by atoms with Gasteiger partial charge in [-0.2, -0.15) is 0 Å². The lowest BCUT2D eigenvalue weighted by atomic mass is 9.95. The normalized spacial score (nSPS) is 13.3. The Balaban J connectivity index is 2.02. The highest BCUT2D eigenvalue weighted by Gasteiger charge is 2.25. The summed E-state index contributed by atoms with van der Waals surface area (Å²) in [6.45, 7) is 6.20. The molecule has 5 nitrogen and oxygen atoms in total. The number of anilines is 1. The minimum atomic E-state index is -0.484. The average Bonchev–Trinajstić information content (AvgIpc) is 2.60. The van der Waals surface area contributed by atoms with E-state index in [0.29, 0.717) is 17.2 Å². The first kappa shape index (κ1) is 18.7. The van der Waals surface area contributed by atoms with Crippen LogP contribution in [0, 0.1) is 5.92 Å². The van der Waals surface area contributed by atoms with Gasteiger partial charge >= 0.3 is 0 Å². The number of hydrogen-bond acceptors (Lipinski definition) is 2. The van der Waals surface area contributed by atoms with Gasteiger partial charge in [-0.3, -0.25) is 9.59 Å². The molecule has 0 aromatic heterocycles. The van der Waals surface area contributed by atoms with Crippen molar-refractivity contribution in [2.24, 2.45) is 11.7 Å². The first-order valence-corrected chi connectivity index (χ1v) is 8.49. The minimum absolute atomic E-state index is 0.0755. The summed E-state index contributed by atoms with van der Waals surface area (Å²) in [5, 5.41) is 4.97. The largest absolute Gasteiger partial charge is 0.366 e. The standard InChI is InChI=1S/C20H25N3O2/c1-13(2)18(15-7-5-4-6-8-15)22-14(3)20(25)23-17-11-9-16(10-12-17)19(21)24/h4-14,18,22H,1-3H3,(H2,21,24)(H,23,25)/p+1/t14-,18+/m0/s1. The second-order valence-electron chi connectivity index (χ2n) is 6.59. The Kier molecular flexibility index (Phi) is 6.31. The Bertz CT molecular complexity index is 711. The molecule has 2 rings (SSSR count). The Morgan fingerprint density at radius 2 is 1.56 bits per heavy atom. The zero-order valence-corrected chi connectivity index (χ0v) is 14.9. The van der Waals surface area contributed by atoms with Gasteiger partial charge in [0.25, 0.3) is 5.91 Å². The zero-order valence-electron chi connectivity index (χ0n) is 14.9. The van der Waals surface area contributed by atoms with Crippen molar-refractivity contribution in [2.45, 2.75) is 32.9 Å². The number of quaternary nitrogens is 1. The number of hydrogen-bond donors (Lipinski definition) is 3. The van der Waals surface area contributed by atoms with Crippen LogP contribution in [0.4, 0.5) is 5.69 Å². The van der Waals surface area contributed by atoms with Gasteiger partial charge in [0, 0.05) is 22.7 Å². The second kappa shape index (κ2) is 8.44. The average molecular weight is 340 g/mol. The van der Waals surface area contributed by atoms with Gasteiger partial charge < -0.3 is 16.4 Å². The third kappa shape index (κ3) is 5.16. The Morgan fingerprint density at radius 1 is 0.960 bits per heavy atom. The monoisotopic (exact) mass is 340 g/mol. The molecule has 0 fully saturated rings. The van der Waals surface area contributed by atoms with E-state index >= 15 is 0 Å². The summed E-state index contributed by atoms with van der Waals surface area (Å²) in [5.74, 6) is -0.164. The molecule has 0 aliphatic heterocycles. The lowest BCUT2D eigenvalue weighted by molar-refractivity contribution is -0.718. The van der Waals surface area contributed by atoms with Crippen LogP contribution in [0.1, 0.15) is 42.7 Å². The fourth-order valence-corrected chi connectivity index (χ4v) is 2.77. The molecule has 0 bridgehead atoms.